The van der Waals surface area contributed by atoms with Gasteiger partial charge in [0.15, 0.2) is 0 Å². The number of sulfonamides is 1. The van der Waals surface area contributed by atoms with Crippen LogP contribution in [0.2, 0.25) is 0 Å². The molecule has 214 valence electrons. The van der Waals surface area contributed by atoms with Gasteiger partial charge in [0.05, 0.1) is 51.9 Å². The molecule has 10 nitrogen and oxygen atoms in total. The second kappa shape index (κ2) is 11.3. The van der Waals surface area contributed by atoms with Gasteiger partial charge in [-0.15, -0.1) is 0 Å². The summed E-state index contributed by atoms with van der Waals surface area (Å²) in [5.74, 6) is 0.624. The van der Waals surface area contributed by atoms with E-state index in [-0.39, 0.29) is 29.4 Å². The summed E-state index contributed by atoms with van der Waals surface area (Å²) < 4.78 is 36.3. The molecule has 0 radical (unpaired) electrons. The van der Waals surface area contributed by atoms with E-state index in [4.69, 9.17) is 15.5 Å². The van der Waals surface area contributed by atoms with Crippen LogP contribution in [-0.4, -0.2) is 51.9 Å². The van der Waals surface area contributed by atoms with E-state index >= 15 is 0 Å². The number of nitrogens with zero attached hydrogens (tertiary/aromatic N) is 4. The number of aromatic amines is 1. The van der Waals surface area contributed by atoms with Crippen molar-refractivity contribution in [2.45, 2.75) is 24.8 Å². The number of aromatic nitrogens is 4. The maximum absolute atomic E-state index is 13.6. The third-order valence-corrected chi connectivity index (χ3v) is 8.84. The van der Waals surface area contributed by atoms with E-state index in [0.717, 1.165) is 23.1 Å². The monoisotopic (exact) mass is 582 g/mol. The molecule has 2 aromatic heterocycles. The lowest BCUT2D eigenvalue weighted by atomic mass is 10.1. The van der Waals surface area contributed by atoms with Gasteiger partial charge in [0.25, 0.3) is 15.6 Å². The van der Waals surface area contributed by atoms with Crippen LogP contribution in [0.25, 0.3) is 33.3 Å². The first kappa shape index (κ1) is 27.4. The van der Waals surface area contributed by atoms with Crippen molar-refractivity contribution < 1.29 is 13.2 Å². The third-order valence-electron chi connectivity index (χ3n) is 7.12. The van der Waals surface area contributed by atoms with E-state index in [1.165, 1.54) is 22.6 Å². The second-order valence-electron chi connectivity index (χ2n) is 10.1. The zero-order chi connectivity index (χ0) is 29.3. The van der Waals surface area contributed by atoms with Crippen molar-refractivity contribution in [3.63, 3.8) is 0 Å². The molecule has 42 heavy (non-hydrogen) atoms. The number of ether oxygens (including phenoxy) is 1. The lowest BCUT2D eigenvalue weighted by Crippen LogP contribution is -2.31. The molecule has 0 unspecified atom stereocenters. The van der Waals surface area contributed by atoms with E-state index in [1.807, 2.05) is 47.9 Å². The highest BCUT2D eigenvalue weighted by Crippen LogP contribution is 2.33. The van der Waals surface area contributed by atoms with Crippen LogP contribution in [0.4, 0.5) is 0 Å². The second-order valence-corrected chi connectivity index (χ2v) is 11.9. The number of nitrogens with two attached hydrogens (primary N) is 1. The molecule has 0 atom stereocenters. The molecule has 0 saturated heterocycles. The number of allylic oxidation sites excluding steroid dienone is 2. The number of H-pyrrole nitrogens is 1. The van der Waals surface area contributed by atoms with Crippen molar-refractivity contribution >= 4 is 32.0 Å². The van der Waals surface area contributed by atoms with Crippen molar-refractivity contribution in [3.05, 3.63) is 107 Å². The van der Waals surface area contributed by atoms with E-state index in [9.17, 15) is 13.2 Å². The molecular weight excluding hydrogens is 552 g/mol. The fraction of sp³-hybridized carbons (Fsp3) is 0.194. The van der Waals surface area contributed by atoms with Gasteiger partial charge in [0.1, 0.15) is 11.6 Å². The minimum absolute atomic E-state index is 0.0436. The van der Waals surface area contributed by atoms with Gasteiger partial charge in [-0.2, -0.15) is 0 Å². The molecule has 6 rings (SSSR count). The van der Waals surface area contributed by atoms with Gasteiger partial charge in [-0.05, 0) is 54.0 Å². The maximum Gasteiger partial charge on any atom is 0.264 e. The molecule has 0 fully saturated rings. The summed E-state index contributed by atoms with van der Waals surface area (Å²) in [5, 5.41) is 0.403. The Balaban J connectivity index is 1.43. The van der Waals surface area contributed by atoms with Gasteiger partial charge >= 0.3 is 0 Å². The van der Waals surface area contributed by atoms with Crippen LogP contribution in [0.3, 0.4) is 0 Å². The number of nitrogens with one attached hydrogen (secondary N) is 1. The molecule has 3 heterocycles. The highest BCUT2D eigenvalue weighted by molar-refractivity contribution is 7.89. The van der Waals surface area contributed by atoms with Gasteiger partial charge in [-0.25, -0.2) is 18.4 Å². The van der Waals surface area contributed by atoms with Crippen LogP contribution >= 0.6 is 0 Å². The minimum atomic E-state index is -3.92. The average Bonchev–Trinajstić information content (AvgIpc) is 3.40. The van der Waals surface area contributed by atoms with Crippen molar-refractivity contribution in [2.24, 2.45) is 5.73 Å². The molecule has 0 amide bonds. The van der Waals surface area contributed by atoms with Crippen LogP contribution in [0.15, 0.2) is 101 Å². The van der Waals surface area contributed by atoms with Crippen LogP contribution < -0.4 is 16.0 Å². The Morgan fingerprint density at radius 3 is 2.69 bits per heavy atom. The quantitative estimate of drug-likeness (QED) is 0.266. The number of benzene rings is 3. The molecular formula is C31H30N6O4S. The molecule has 3 N–H and O–H groups in total. The van der Waals surface area contributed by atoms with Crippen molar-refractivity contribution in [1.29, 1.82) is 0 Å². The first-order valence-electron chi connectivity index (χ1n) is 13.7. The summed E-state index contributed by atoms with van der Waals surface area (Å²) in [6.45, 7) is 3.42. The summed E-state index contributed by atoms with van der Waals surface area (Å²) in [6.07, 6.45) is 7.47. The molecule has 0 saturated carbocycles. The Kier molecular flexibility index (Phi) is 7.36. The predicted octanol–water partition coefficient (Wildman–Crippen LogP) is 4.18. The molecule has 0 aliphatic carbocycles. The first-order chi connectivity index (χ1) is 20.4. The summed E-state index contributed by atoms with van der Waals surface area (Å²) in [7, 11) is -3.92. The number of fused-ring (bicyclic) bond motifs is 2. The van der Waals surface area contributed by atoms with Crippen LogP contribution in [0.1, 0.15) is 18.9 Å². The third kappa shape index (κ3) is 5.19. The highest BCUT2D eigenvalue weighted by Gasteiger charge is 2.26. The normalized spacial score (nSPS) is 13.6. The largest absolute Gasteiger partial charge is 0.493 e. The van der Waals surface area contributed by atoms with E-state index in [1.54, 1.807) is 30.6 Å². The Bertz CT molecular complexity index is 2010. The first-order valence-corrected chi connectivity index (χ1v) is 15.1. The Hall–Kier alpha value is -4.74. The van der Waals surface area contributed by atoms with Crippen LogP contribution in [0, 0.1) is 0 Å². The average molecular weight is 583 g/mol. The van der Waals surface area contributed by atoms with Crippen molar-refractivity contribution in [3.8, 4) is 17.1 Å². The van der Waals surface area contributed by atoms with Gasteiger partial charge in [0.2, 0.25) is 0 Å². The van der Waals surface area contributed by atoms with Gasteiger partial charge < -0.3 is 20.0 Å². The van der Waals surface area contributed by atoms with Crippen LogP contribution in [-0.2, 0) is 16.6 Å². The van der Waals surface area contributed by atoms with E-state index in [0.29, 0.717) is 40.9 Å². The summed E-state index contributed by atoms with van der Waals surface area (Å²) in [6, 6.07) is 18.2. The van der Waals surface area contributed by atoms with Gasteiger partial charge in [-0.1, -0.05) is 43.3 Å². The number of hydrogen-bond donors (Lipinski definition) is 2. The molecule has 1 aliphatic heterocycles. The maximum atomic E-state index is 13.6. The fourth-order valence-electron chi connectivity index (χ4n) is 4.93. The Morgan fingerprint density at radius 1 is 1.07 bits per heavy atom. The van der Waals surface area contributed by atoms with E-state index < -0.39 is 10.0 Å². The predicted molar refractivity (Wildman–Crippen MR) is 163 cm³/mol. The molecule has 0 bridgehead atoms. The standard InChI is InChI=1S/C31H30N6O4S/c1-2-13-41-29-11-10-23(42(39,40)37-12-6-9-22(17-32)19-37)14-25(29)30-34-26-16-27-28(15-24(26)31(38)35-30)36(20-33-27)18-21-7-4-3-5-8-21/h3-12,14-16,20H,2,13,17-19,32H2,1H3,(H,34,35,38). The summed E-state index contributed by atoms with van der Waals surface area (Å²) >= 11 is 0. The lowest BCUT2D eigenvalue weighted by molar-refractivity contribution is 0.318. The fourth-order valence-corrected chi connectivity index (χ4v) is 6.27. The van der Waals surface area contributed by atoms with Crippen molar-refractivity contribution in [1.82, 2.24) is 23.8 Å². The molecule has 3 aromatic carbocycles. The molecule has 11 heteroatoms. The van der Waals surface area contributed by atoms with Gasteiger partial charge in [-0.3, -0.25) is 9.10 Å². The summed E-state index contributed by atoms with van der Waals surface area (Å²) in [4.78, 5) is 25.6. The molecule has 5 aromatic rings. The van der Waals surface area contributed by atoms with Crippen molar-refractivity contribution in [2.75, 3.05) is 19.7 Å². The van der Waals surface area contributed by atoms with E-state index in [2.05, 4.69) is 9.97 Å². The SMILES string of the molecule is CCCOc1ccc(S(=O)(=O)N2C=CC=C(CN)C2)cc1-c1nc2cc3ncn(Cc4ccccc4)c3cc2c(=O)[nH]1. The molecule has 0 spiro atoms. The Morgan fingerprint density at radius 2 is 1.90 bits per heavy atom. The number of hydrogen-bond acceptors (Lipinski definition) is 7. The van der Waals surface area contributed by atoms with Crippen LogP contribution in [0.5, 0.6) is 5.75 Å². The zero-order valence-corrected chi connectivity index (χ0v) is 23.8. The Labute approximate surface area is 242 Å². The number of imidazole rings is 1. The smallest absolute Gasteiger partial charge is 0.264 e. The number of rotatable bonds is 9. The minimum Gasteiger partial charge on any atom is -0.493 e. The van der Waals surface area contributed by atoms with Gasteiger partial charge in [0, 0.05) is 19.3 Å². The summed E-state index contributed by atoms with van der Waals surface area (Å²) in [5.41, 5.74) is 9.63. The topological polar surface area (TPSA) is 136 Å². The molecule has 1 aliphatic rings. The highest BCUT2D eigenvalue weighted by atomic mass is 32.2. The zero-order valence-electron chi connectivity index (χ0n) is 23.0. The lowest BCUT2D eigenvalue weighted by Gasteiger charge is -2.24.